The van der Waals surface area contributed by atoms with E-state index < -0.39 is 10.0 Å². The molecule has 0 aliphatic carbocycles. The first kappa shape index (κ1) is 19.6. The lowest BCUT2D eigenvalue weighted by atomic mass is 9.99. The Morgan fingerprint density at radius 2 is 1.69 bits per heavy atom. The number of rotatable bonds is 4. The summed E-state index contributed by atoms with van der Waals surface area (Å²) < 4.78 is 32.6. The van der Waals surface area contributed by atoms with Crippen LogP contribution in [0.2, 0.25) is 5.02 Å². The van der Waals surface area contributed by atoms with Crippen molar-refractivity contribution in [1.82, 2.24) is 9.21 Å². The van der Waals surface area contributed by atoms with E-state index in [1.54, 1.807) is 25.1 Å². The minimum absolute atomic E-state index is 0.0595. The van der Waals surface area contributed by atoms with Crippen LogP contribution in [0.5, 0.6) is 0 Å². The maximum Gasteiger partial charge on any atom is 0.244 e. The van der Waals surface area contributed by atoms with Crippen LogP contribution in [-0.4, -0.2) is 61.9 Å². The third kappa shape index (κ3) is 4.06. The average Bonchev–Trinajstić information content (AvgIpc) is 2.63. The third-order valence-electron chi connectivity index (χ3n) is 5.22. The normalized spacial score (nSPS) is 20.8. The molecule has 1 aromatic rings. The van der Waals surface area contributed by atoms with Gasteiger partial charge in [-0.2, -0.15) is 4.31 Å². The SMILES string of the molecule is CC(=O)N(C1CCOCC1)C1CCN(S(=O)(=O)c2ccccc2Cl)CC1. The first-order valence-electron chi connectivity index (χ1n) is 9.02. The molecule has 0 radical (unpaired) electrons. The number of benzene rings is 1. The Hall–Kier alpha value is -1.15. The largest absolute Gasteiger partial charge is 0.381 e. The van der Waals surface area contributed by atoms with Gasteiger partial charge in [-0.15, -0.1) is 0 Å². The molecule has 3 rings (SSSR count). The summed E-state index contributed by atoms with van der Waals surface area (Å²) in [6.45, 7) is 3.74. The Labute approximate surface area is 160 Å². The minimum Gasteiger partial charge on any atom is -0.381 e. The molecule has 0 spiro atoms. The van der Waals surface area contributed by atoms with Crippen LogP contribution in [0.15, 0.2) is 29.2 Å². The van der Waals surface area contributed by atoms with E-state index in [9.17, 15) is 13.2 Å². The zero-order valence-corrected chi connectivity index (χ0v) is 16.5. The lowest BCUT2D eigenvalue weighted by Crippen LogP contribution is -2.53. The number of ether oxygens (including phenoxy) is 1. The van der Waals surface area contributed by atoms with Crippen LogP contribution in [0.1, 0.15) is 32.6 Å². The molecule has 1 amide bonds. The summed E-state index contributed by atoms with van der Waals surface area (Å²) in [7, 11) is -3.61. The van der Waals surface area contributed by atoms with E-state index in [0.717, 1.165) is 12.8 Å². The molecule has 144 valence electrons. The molecule has 8 heteroatoms. The number of hydrogen-bond acceptors (Lipinski definition) is 4. The number of nitrogens with zero attached hydrogens (tertiary/aromatic N) is 2. The van der Waals surface area contributed by atoms with Crippen LogP contribution < -0.4 is 0 Å². The van der Waals surface area contributed by atoms with Gasteiger partial charge in [-0.1, -0.05) is 23.7 Å². The van der Waals surface area contributed by atoms with Crippen molar-refractivity contribution in [1.29, 1.82) is 0 Å². The molecule has 2 aliphatic rings. The van der Waals surface area contributed by atoms with E-state index in [0.29, 0.717) is 39.1 Å². The highest BCUT2D eigenvalue weighted by atomic mass is 35.5. The van der Waals surface area contributed by atoms with Crippen molar-refractivity contribution in [2.45, 2.75) is 49.6 Å². The second kappa shape index (κ2) is 8.25. The topological polar surface area (TPSA) is 66.9 Å². The van der Waals surface area contributed by atoms with Gasteiger partial charge in [-0.25, -0.2) is 8.42 Å². The molecule has 0 bridgehead atoms. The van der Waals surface area contributed by atoms with E-state index in [1.165, 1.54) is 10.4 Å². The highest BCUT2D eigenvalue weighted by Crippen LogP contribution is 2.29. The lowest BCUT2D eigenvalue weighted by molar-refractivity contribution is -0.137. The Kier molecular flexibility index (Phi) is 6.22. The summed E-state index contributed by atoms with van der Waals surface area (Å²) in [6.07, 6.45) is 2.97. The first-order valence-corrected chi connectivity index (χ1v) is 10.8. The Morgan fingerprint density at radius 3 is 2.27 bits per heavy atom. The predicted octanol–water partition coefficient (Wildman–Crippen LogP) is 2.52. The number of carbonyl (C=O) groups is 1. The summed E-state index contributed by atoms with van der Waals surface area (Å²) in [5.74, 6) is 0.0595. The molecular weight excluding hydrogens is 376 g/mol. The van der Waals surface area contributed by atoms with Crippen molar-refractivity contribution in [3.8, 4) is 0 Å². The molecule has 1 aromatic carbocycles. The monoisotopic (exact) mass is 400 g/mol. The number of hydrogen-bond donors (Lipinski definition) is 0. The fraction of sp³-hybridized carbons (Fsp3) is 0.611. The molecule has 0 atom stereocenters. The minimum atomic E-state index is -3.61. The number of sulfonamides is 1. The zero-order chi connectivity index (χ0) is 18.7. The molecule has 0 unspecified atom stereocenters. The third-order valence-corrected chi connectivity index (χ3v) is 7.62. The molecule has 0 saturated carbocycles. The van der Waals surface area contributed by atoms with E-state index in [4.69, 9.17) is 16.3 Å². The average molecular weight is 401 g/mol. The van der Waals surface area contributed by atoms with Crippen molar-refractivity contribution in [2.75, 3.05) is 26.3 Å². The highest BCUT2D eigenvalue weighted by molar-refractivity contribution is 7.89. The van der Waals surface area contributed by atoms with Gasteiger partial charge < -0.3 is 9.64 Å². The van der Waals surface area contributed by atoms with Crippen LogP contribution >= 0.6 is 11.6 Å². The highest BCUT2D eigenvalue weighted by Gasteiger charge is 2.36. The summed E-state index contributed by atoms with van der Waals surface area (Å²) in [4.78, 5) is 14.3. The van der Waals surface area contributed by atoms with Crippen molar-refractivity contribution in [2.24, 2.45) is 0 Å². The van der Waals surface area contributed by atoms with Crippen LogP contribution in [0.25, 0.3) is 0 Å². The molecular formula is C18H25ClN2O4S. The van der Waals surface area contributed by atoms with Crippen LogP contribution in [0, 0.1) is 0 Å². The second-order valence-corrected chi connectivity index (χ2v) is 9.15. The molecule has 0 N–H and O–H groups in total. The smallest absolute Gasteiger partial charge is 0.244 e. The number of halogens is 1. The summed E-state index contributed by atoms with van der Waals surface area (Å²) in [5, 5.41) is 0.238. The van der Waals surface area contributed by atoms with Crippen LogP contribution in [0.3, 0.4) is 0 Å². The van der Waals surface area contributed by atoms with Gasteiger partial charge in [-0.05, 0) is 37.8 Å². The molecule has 0 aromatic heterocycles. The van der Waals surface area contributed by atoms with Crippen LogP contribution in [0.4, 0.5) is 0 Å². The van der Waals surface area contributed by atoms with Gasteiger partial charge in [-0.3, -0.25) is 4.79 Å². The molecule has 2 aliphatic heterocycles. The quantitative estimate of drug-likeness (QED) is 0.778. The fourth-order valence-corrected chi connectivity index (χ4v) is 5.89. The van der Waals surface area contributed by atoms with E-state index in [2.05, 4.69) is 0 Å². The molecule has 2 heterocycles. The summed E-state index contributed by atoms with van der Waals surface area (Å²) in [6, 6.07) is 6.78. The van der Waals surface area contributed by atoms with E-state index >= 15 is 0 Å². The van der Waals surface area contributed by atoms with Gasteiger partial charge in [0, 0.05) is 45.3 Å². The number of piperidine rings is 1. The maximum atomic E-state index is 12.9. The summed E-state index contributed by atoms with van der Waals surface area (Å²) >= 11 is 6.08. The van der Waals surface area contributed by atoms with Crippen molar-refractivity contribution >= 4 is 27.5 Å². The van der Waals surface area contributed by atoms with Gasteiger partial charge in [0.2, 0.25) is 15.9 Å². The first-order chi connectivity index (χ1) is 12.4. The zero-order valence-electron chi connectivity index (χ0n) is 14.9. The van der Waals surface area contributed by atoms with Crippen LogP contribution in [-0.2, 0) is 19.6 Å². The Balaban J connectivity index is 1.70. The lowest BCUT2D eigenvalue weighted by Gasteiger charge is -2.43. The maximum absolute atomic E-state index is 12.9. The number of carbonyl (C=O) groups excluding carboxylic acids is 1. The standard InChI is InChI=1S/C18H25ClN2O4S/c1-14(22)21(16-8-12-25-13-9-16)15-6-10-20(11-7-15)26(23,24)18-5-3-2-4-17(18)19/h2-5,15-16H,6-13H2,1H3. The second-order valence-electron chi connectivity index (χ2n) is 6.84. The summed E-state index contributed by atoms with van der Waals surface area (Å²) in [5.41, 5.74) is 0. The van der Waals surface area contributed by atoms with Crippen molar-refractivity contribution in [3.05, 3.63) is 29.3 Å². The molecule has 2 fully saturated rings. The van der Waals surface area contributed by atoms with Gasteiger partial charge in [0.05, 0.1) is 5.02 Å². The number of amides is 1. The fourth-order valence-electron chi connectivity index (χ4n) is 3.93. The Morgan fingerprint density at radius 1 is 1.12 bits per heavy atom. The van der Waals surface area contributed by atoms with Crippen molar-refractivity contribution < 1.29 is 17.9 Å². The van der Waals surface area contributed by atoms with Gasteiger partial charge in [0.1, 0.15) is 4.90 Å². The van der Waals surface area contributed by atoms with Gasteiger partial charge in [0.25, 0.3) is 0 Å². The molecule has 6 nitrogen and oxygen atoms in total. The van der Waals surface area contributed by atoms with Gasteiger partial charge >= 0.3 is 0 Å². The van der Waals surface area contributed by atoms with Gasteiger partial charge in [0.15, 0.2) is 0 Å². The van der Waals surface area contributed by atoms with E-state index in [1.807, 2.05) is 4.90 Å². The Bertz CT molecular complexity index is 741. The van der Waals surface area contributed by atoms with E-state index in [-0.39, 0.29) is 27.9 Å². The molecule has 26 heavy (non-hydrogen) atoms. The predicted molar refractivity (Wildman–Crippen MR) is 99.6 cm³/mol. The molecule has 2 saturated heterocycles. The van der Waals surface area contributed by atoms with Crippen molar-refractivity contribution in [3.63, 3.8) is 0 Å².